The molecule has 0 unspecified atom stereocenters. The molecule has 3 nitrogen and oxygen atoms in total. The molecule has 0 aromatic carbocycles. The quantitative estimate of drug-likeness (QED) is 0.567. The fraction of sp³-hybridized carbons (Fsp3) is 0.714. The van der Waals surface area contributed by atoms with Gasteiger partial charge in [0.05, 0.1) is 0 Å². The zero-order valence-corrected chi connectivity index (χ0v) is 5.80. The van der Waals surface area contributed by atoms with Crippen LogP contribution in [0.3, 0.4) is 0 Å². The minimum absolute atomic E-state index is 0.102. The van der Waals surface area contributed by atoms with E-state index in [0.717, 1.165) is 25.7 Å². The van der Waals surface area contributed by atoms with Gasteiger partial charge in [0.1, 0.15) is 0 Å². The van der Waals surface area contributed by atoms with Crippen molar-refractivity contribution in [2.45, 2.75) is 25.7 Å². The van der Waals surface area contributed by atoms with Gasteiger partial charge in [0, 0.05) is 5.92 Å². The van der Waals surface area contributed by atoms with Gasteiger partial charge in [-0.3, -0.25) is 14.9 Å². The molecule has 1 N–H and O–H groups in total. The van der Waals surface area contributed by atoms with E-state index in [4.69, 9.17) is 0 Å². The summed E-state index contributed by atoms with van der Waals surface area (Å²) in [5.41, 5.74) is 0. The van der Waals surface area contributed by atoms with E-state index < -0.39 is 0 Å². The highest BCUT2D eigenvalue weighted by molar-refractivity contribution is 5.87. The maximum Gasteiger partial charge on any atom is 0.229 e. The van der Waals surface area contributed by atoms with E-state index in [9.17, 15) is 9.59 Å². The minimum Gasteiger partial charge on any atom is -0.299 e. The number of amides is 2. The summed E-state index contributed by atoms with van der Waals surface area (Å²) in [6, 6.07) is 0. The molecule has 1 saturated carbocycles. The molecular weight excluding hydrogens is 130 g/mol. The van der Waals surface area contributed by atoms with Crippen LogP contribution in [0.1, 0.15) is 25.7 Å². The molecule has 56 valence electrons. The third-order valence-electron chi connectivity index (χ3n) is 1.93. The Morgan fingerprint density at radius 1 is 1.40 bits per heavy atom. The van der Waals surface area contributed by atoms with Gasteiger partial charge in [0.15, 0.2) is 0 Å². The monoisotopic (exact) mass is 141 g/mol. The Kier molecular flexibility index (Phi) is 2.42. The van der Waals surface area contributed by atoms with Crippen molar-refractivity contribution in [1.82, 2.24) is 5.32 Å². The summed E-state index contributed by atoms with van der Waals surface area (Å²) >= 11 is 0. The van der Waals surface area contributed by atoms with E-state index in [1.807, 2.05) is 0 Å². The van der Waals surface area contributed by atoms with Crippen molar-refractivity contribution in [1.29, 1.82) is 0 Å². The summed E-state index contributed by atoms with van der Waals surface area (Å²) in [7, 11) is 0. The highest BCUT2D eigenvalue weighted by Gasteiger charge is 2.21. The topological polar surface area (TPSA) is 46.2 Å². The molecule has 0 aliphatic heterocycles. The average Bonchev–Trinajstić information content (AvgIpc) is 2.38. The molecule has 0 aromatic rings. The molecular formula is C7H11NO2. The third kappa shape index (κ3) is 1.56. The number of hydrogen-bond acceptors (Lipinski definition) is 2. The van der Waals surface area contributed by atoms with Crippen LogP contribution in [0.4, 0.5) is 0 Å². The Morgan fingerprint density at radius 3 is 2.50 bits per heavy atom. The Bertz CT molecular complexity index is 139. The van der Waals surface area contributed by atoms with Crippen LogP contribution in [-0.4, -0.2) is 12.3 Å². The lowest BCUT2D eigenvalue weighted by atomic mass is 10.1. The lowest BCUT2D eigenvalue weighted by Gasteiger charge is -2.03. The van der Waals surface area contributed by atoms with Crippen LogP contribution in [0.5, 0.6) is 0 Å². The Balaban J connectivity index is 2.32. The van der Waals surface area contributed by atoms with Gasteiger partial charge in [-0.15, -0.1) is 0 Å². The summed E-state index contributed by atoms with van der Waals surface area (Å²) in [6.45, 7) is 0. The molecule has 0 aromatic heterocycles. The second-order valence-corrected chi connectivity index (χ2v) is 2.61. The van der Waals surface area contributed by atoms with Crippen LogP contribution >= 0.6 is 0 Å². The van der Waals surface area contributed by atoms with Crippen molar-refractivity contribution in [3.63, 3.8) is 0 Å². The van der Waals surface area contributed by atoms with Gasteiger partial charge in [-0.25, -0.2) is 0 Å². The van der Waals surface area contributed by atoms with Crippen LogP contribution in [0.2, 0.25) is 0 Å². The van der Waals surface area contributed by atoms with Gasteiger partial charge < -0.3 is 0 Å². The second kappa shape index (κ2) is 3.34. The van der Waals surface area contributed by atoms with Crippen molar-refractivity contribution in [2.75, 3.05) is 0 Å². The molecule has 1 aliphatic carbocycles. The number of hydrogen-bond donors (Lipinski definition) is 1. The molecule has 1 fully saturated rings. The molecule has 1 rings (SSSR count). The van der Waals surface area contributed by atoms with E-state index in [0.29, 0.717) is 6.41 Å². The lowest BCUT2D eigenvalue weighted by molar-refractivity contribution is -0.128. The van der Waals surface area contributed by atoms with Crippen LogP contribution in [0.25, 0.3) is 0 Å². The maximum absolute atomic E-state index is 10.9. The predicted octanol–water partition coefficient (Wildman–Crippen LogP) is 0.449. The van der Waals surface area contributed by atoms with Gasteiger partial charge in [-0.2, -0.15) is 0 Å². The van der Waals surface area contributed by atoms with Crippen LogP contribution in [0.15, 0.2) is 0 Å². The molecule has 0 saturated heterocycles. The smallest absolute Gasteiger partial charge is 0.229 e. The Morgan fingerprint density at radius 2 is 2.00 bits per heavy atom. The molecule has 0 heterocycles. The molecule has 1 aliphatic rings. The van der Waals surface area contributed by atoms with E-state index in [1.54, 1.807) is 0 Å². The van der Waals surface area contributed by atoms with Gasteiger partial charge in [-0.05, 0) is 12.8 Å². The van der Waals surface area contributed by atoms with Crippen molar-refractivity contribution in [3.8, 4) is 0 Å². The first-order valence-corrected chi connectivity index (χ1v) is 3.58. The Labute approximate surface area is 59.8 Å². The second-order valence-electron chi connectivity index (χ2n) is 2.61. The molecule has 0 spiro atoms. The van der Waals surface area contributed by atoms with Crippen LogP contribution < -0.4 is 5.32 Å². The molecule has 2 amide bonds. The normalized spacial score (nSPS) is 18.8. The maximum atomic E-state index is 10.9. The van der Waals surface area contributed by atoms with E-state index in [1.165, 1.54) is 0 Å². The number of carbonyl (C=O) groups is 2. The third-order valence-corrected chi connectivity index (χ3v) is 1.93. The fourth-order valence-electron chi connectivity index (χ4n) is 1.36. The molecule has 10 heavy (non-hydrogen) atoms. The number of imide groups is 1. The van der Waals surface area contributed by atoms with Crippen molar-refractivity contribution in [3.05, 3.63) is 0 Å². The van der Waals surface area contributed by atoms with E-state index in [2.05, 4.69) is 5.32 Å². The standard InChI is InChI=1S/C7H11NO2/c9-5-8-7(10)6-3-1-2-4-6/h5-6H,1-4H2,(H,8,9,10). The number of rotatable bonds is 2. The van der Waals surface area contributed by atoms with E-state index in [-0.39, 0.29) is 11.8 Å². The van der Waals surface area contributed by atoms with Crippen LogP contribution in [0, 0.1) is 5.92 Å². The Hall–Kier alpha value is -0.860. The van der Waals surface area contributed by atoms with E-state index >= 15 is 0 Å². The SMILES string of the molecule is O=CNC(=O)C1CCCC1. The molecule has 3 heteroatoms. The first-order chi connectivity index (χ1) is 4.84. The van der Waals surface area contributed by atoms with Gasteiger partial charge in [-0.1, -0.05) is 12.8 Å². The molecule has 0 atom stereocenters. The summed E-state index contributed by atoms with van der Waals surface area (Å²) in [4.78, 5) is 20.7. The first-order valence-electron chi connectivity index (χ1n) is 3.58. The van der Waals surface area contributed by atoms with Crippen molar-refractivity contribution in [2.24, 2.45) is 5.92 Å². The fourth-order valence-corrected chi connectivity index (χ4v) is 1.36. The predicted molar refractivity (Wildman–Crippen MR) is 36.2 cm³/mol. The highest BCUT2D eigenvalue weighted by atomic mass is 16.2. The number of carbonyl (C=O) groups excluding carboxylic acids is 2. The minimum atomic E-state index is -0.104. The summed E-state index contributed by atoms with van der Waals surface area (Å²) in [5.74, 6) is -0.00213. The van der Waals surface area contributed by atoms with Gasteiger partial charge in [0.25, 0.3) is 0 Å². The lowest BCUT2D eigenvalue weighted by Crippen LogP contribution is -2.27. The number of nitrogens with one attached hydrogen (secondary N) is 1. The highest BCUT2D eigenvalue weighted by Crippen LogP contribution is 2.24. The first kappa shape index (κ1) is 7.25. The summed E-state index contributed by atoms with van der Waals surface area (Å²) in [5, 5.41) is 2.17. The summed E-state index contributed by atoms with van der Waals surface area (Å²) < 4.78 is 0. The molecule has 0 radical (unpaired) electrons. The van der Waals surface area contributed by atoms with Gasteiger partial charge in [0.2, 0.25) is 12.3 Å². The zero-order chi connectivity index (χ0) is 7.40. The van der Waals surface area contributed by atoms with Crippen molar-refractivity contribution >= 4 is 12.3 Å². The average molecular weight is 141 g/mol. The zero-order valence-electron chi connectivity index (χ0n) is 5.80. The summed E-state index contributed by atoms with van der Waals surface area (Å²) in [6.07, 6.45) is 4.59. The van der Waals surface area contributed by atoms with Gasteiger partial charge >= 0.3 is 0 Å². The largest absolute Gasteiger partial charge is 0.299 e. The van der Waals surface area contributed by atoms with Crippen LogP contribution in [-0.2, 0) is 9.59 Å². The molecule has 0 bridgehead atoms. The van der Waals surface area contributed by atoms with Crippen molar-refractivity contribution < 1.29 is 9.59 Å².